The summed E-state index contributed by atoms with van der Waals surface area (Å²) in [5.74, 6) is -1.09. The van der Waals surface area contributed by atoms with Crippen molar-refractivity contribution in [3.8, 4) is 0 Å². The Morgan fingerprint density at radius 2 is 1.77 bits per heavy atom. The van der Waals surface area contributed by atoms with Gasteiger partial charge in [-0.05, 0) is 80.3 Å². The molecule has 1 fully saturated rings. The van der Waals surface area contributed by atoms with Crippen molar-refractivity contribution in [1.29, 1.82) is 0 Å². The van der Waals surface area contributed by atoms with Crippen LogP contribution in [0.1, 0.15) is 54.8 Å². The normalized spacial score (nSPS) is 23.5. The maximum Gasteiger partial charge on any atom is 0.321 e. The van der Waals surface area contributed by atoms with Gasteiger partial charge in [-0.3, -0.25) is 0 Å². The first-order valence-electron chi connectivity index (χ1n) is 15.1. The lowest BCUT2D eigenvalue weighted by atomic mass is 9.83. The lowest BCUT2D eigenvalue weighted by molar-refractivity contribution is 0.104. The SMILES string of the molecule is CN1CCC(N(C)C(=O)N2CC(c3cc(F)ccc3F)=C[C@@]2(CCCC(N)c2ccccc2)c2ccccc2)CC(F)C1. The molecule has 0 aliphatic carbocycles. The molecule has 3 unspecified atom stereocenters. The van der Waals surface area contributed by atoms with Crippen LogP contribution >= 0.6 is 0 Å². The summed E-state index contributed by atoms with van der Waals surface area (Å²) < 4.78 is 44.3. The Balaban J connectivity index is 1.52. The predicted octanol–water partition coefficient (Wildman–Crippen LogP) is 6.91. The first-order valence-corrected chi connectivity index (χ1v) is 15.1. The molecule has 3 aromatic rings. The quantitative estimate of drug-likeness (QED) is 0.310. The van der Waals surface area contributed by atoms with E-state index in [0.29, 0.717) is 44.3 Å². The van der Waals surface area contributed by atoms with Crippen LogP contribution in [0.2, 0.25) is 0 Å². The highest BCUT2D eigenvalue weighted by molar-refractivity contribution is 5.83. The van der Waals surface area contributed by atoms with Gasteiger partial charge in [0.05, 0.1) is 5.54 Å². The van der Waals surface area contributed by atoms with E-state index in [-0.39, 0.29) is 36.6 Å². The van der Waals surface area contributed by atoms with Gasteiger partial charge in [-0.15, -0.1) is 0 Å². The van der Waals surface area contributed by atoms with Gasteiger partial charge >= 0.3 is 6.03 Å². The van der Waals surface area contributed by atoms with Gasteiger partial charge in [0.2, 0.25) is 0 Å². The molecule has 2 heterocycles. The maximum absolute atomic E-state index is 15.1. The minimum absolute atomic E-state index is 0.0921. The fourth-order valence-electron chi connectivity index (χ4n) is 6.63. The van der Waals surface area contributed by atoms with E-state index >= 15 is 4.39 Å². The van der Waals surface area contributed by atoms with Crippen LogP contribution in [0.3, 0.4) is 0 Å². The summed E-state index contributed by atoms with van der Waals surface area (Å²) >= 11 is 0. The Hall–Kier alpha value is -3.62. The third-order valence-electron chi connectivity index (χ3n) is 9.03. The Labute approximate surface area is 252 Å². The number of benzene rings is 3. The Bertz CT molecular complexity index is 1420. The molecule has 8 heteroatoms. The van der Waals surface area contributed by atoms with Gasteiger partial charge in [0.15, 0.2) is 0 Å². The number of hydrogen-bond acceptors (Lipinski definition) is 3. The molecule has 4 atom stereocenters. The molecule has 228 valence electrons. The van der Waals surface area contributed by atoms with Crippen molar-refractivity contribution < 1.29 is 18.0 Å². The molecule has 5 nitrogen and oxygen atoms in total. The summed E-state index contributed by atoms with van der Waals surface area (Å²) in [6, 6.07) is 22.2. The largest absolute Gasteiger partial charge is 0.325 e. The second-order valence-electron chi connectivity index (χ2n) is 12.0. The molecule has 2 aliphatic rings. The number of rotatable bonds is 8. The zero-order chi connectivity index (χ0) is 30.6. The van der Waals surface area contributed by atoms with Gasteiger partial charge in [0.25, 0.3) is 0 Å². The summed E-state index contributed by atoms with van der Waals surface area (Å²) in [6.45, 7) is 1.11. The van der Waals surface area contributed by atoms with Crippen LogP contribution in [0.15, 0.2) is 84.9 Å². The fourth-order valence-corrected chi connectivity index (χ4v) is 6.63. The highest BCUT2D eigenvalue weighted by Gasteiger charge is 2.46. The number of halogens is 3. The van der Waals surface area contributed by atoms with Crippen LogP contribution in [0.4, 0.5) is 18.0 Å². The second kappa shape index (κ2) is 13.3. The van der Waals surface area contributed by atoms with E-state index in [1.807, 2.05) is 78.7 Å². The summed E-state index contributed by atoms with van der Waals surface area (Å²) in [4.78, 5) is 19.8. The second-order valence-corrected chi connectivity index (χ2v) is 12.0. The van der Waals surface area contributed by atoms with E-state index in [0.717, 1.165) is 23.3 Å². The van der Waals surface area contributed by atoms with Gasteiger partial charge in [-0.1, -0.05) is 60.7 Å². The summed E-state index contributed by atoms with van der Waals surface area (Å²) in [6.07, 6.45) is 3.66. The molecule has 0 radical (unpaired) electrons. The molecular formula is C35H41F3N4O. The number of nitrogens with two attached hydrogens (primary N) is 1. The molecule has 1 saturated heterocycles. The van der Waals surface area contributed by atoms with Gasteiger partial charge < -0.3 is 20.4 Å². The third-order valence-corrected chi connectivity index (χ3v) is 9.03. The molecule has 3 aromatic carbocycles. The molecule has 0 spiro atoms. The van der Waals surface area contributed by atoms with Gasteiger partial charge in [-0.25, -0.2) is 18.0 Å². The van der Waals surface area contributed by atoms with E-state index < -0.39 is 23.3 Å². The van der Waals surface area contributed by atoms with Crippen molar-refractivity contribution in [2.45, 2.75) is 55.9 Å². The van der Waals surface area contributed by atoms with Crippen molar-refractivity contribution in [3.05, 3.63) is 113 Å². The first kappa shape index (κ1) is 30.8. The molecule has 0 bridgehead atoms. The summed E-state index contributed by atoms with van der Waals surface area (Å²) in [5, 5.41) is 0. The zero-order valence-electron chi connectivity index (χ0n) is 24.9. The number of urea groups is 1. The van der Waals surface area contributed by atoms with Crippen LogP contribution in [0.5, 0.6) is 0 Å². The van der Waals surface area contributed by atoms with E-state index in [9.17, 15) is 13.6 Å². The third kappa shape index (κ3) is 6.81. The number of amides is 2. The number of carbonyl (C=O) groups is 1. The van der Waals surface area contributed by atoms with Crippen LogP contribution in [-0.4, -0.2) is 66.7 Å². The predicted molar refractivity (Wildman–Crippen MR) is 165 cm³/mol. The lowest BCUT2D eigenvalue weighted by Crippen LogP contribution is -2.53. The number of carbonyl (C=O) groups excluding carboxylic acids is 1. The van der Waals surface area contributed by atoms with Gasteiger partial charge in [-0.2, -0.15) is 0 Å². The Kier molecular flexibility index (Phi) is 9.57. The maximum atomic E-state index is 15.1. The van der Waals surface area contributed by atoms with Crippen LogP contribution in [0.25, 0.3) is 5.57 Å². The molecular weight excluding hydrogens is 549 g/mol. The molecule has 0 aromatic heterocycles. The number of likely N-dealkylation sites (tertiary alicyclic amines) is 1. The van der Waals surface area contributed by atoms with E-state index in [1.54, 1.807) is 16.8 Å². The standard InChI is InChI=1S/C35H41F3N4O/c1-40-19-17-30(20-29(37)24-40)41(2)34(43)42-23-26(31-21-28(36)15-16-32(31)38)22-35(42,27-12-7-4-8-13-27)18-9-14-33(39)25-10-5-3-6-11-25/h3-8,10-13,15-16,21-22,29-30,33H,9,14,17-20,23-24,39H2,1-2H3/t29?,30?,33?,35-/m0/s1. The molecule has 5 rings (SSSR count). The summed E-state index contributed by atoms with van der Waals surface area (Å²) in [5.41, 5.74) is 8.21. The minimum Gasteiger partial charge on any atom is -0.325 e. The van der Waals surface area contributed by atoms with Crippen molar-refractivity contribution in [1.82, 2.24) is 14.7 Å². The van der Waals surface area contributed by atoms with E-state index in [1.165, 1.54) is 6.07 Å². The highest BCUT2D eigenvalue weighted by atomic mass is 19.1. The smallest absolute Gasteiger partial charge is 0.321 e. The van der Waals surface area contributed by atoms with Crippen LogP contribution in [-0.2, 0) is 5.54 Å². The van der Waals surface area contributed by atoms with E-state index in [4.69, 9.17) is 5.73 Å². The molecule has 0 saturated carbocycles. The van der Waals surface area contributed by atoms with Crippen molar-refractivity contribution >= 4 is 11.6 Å². The van der Waals surface area contributed by atoms with Gasteiger partial charge in [0.1, 0.15) is 17.8 Å². The average Bonchev–Trinajstić information content (AvgIpc) is 3.31. The molecule has 2 N–H and O–H groups in total. The van der Waals surface area contributed by atoms with Gasteiger partial charge in [0, 0.05) is 44.2 Å². The highest BCUT2D eigenvalue weighted by Crippen LogP contribution is 2.45. The summed E-state index contributed by atoms with van der Waals surface area (Å²) in [7, 11) is 3.62. The lowest BCUT2D eigenvalue weighted by Gasteiger charge is -2.42. The molecule has 2 aliphatic heterocycles. The zero-order valence-corrected chi connectivity index (χ0v) is 24.9. The van der Waals surface area contributed by atoms with Crippen molar-refractivity contribution in [2.24, 2.45) is 5.73 Å². The molecule has 2 amide bonds. The fraction of sp³-hybridized carbons (Fsp3) is 0.400. The van der Waals surface area contributed by atoms with Crippen molar-refractivity contribution in [2.75, 3.05) is 33.7 Å². The Morgan fingerprint density at radius 1 is 1.07 bits per heavy atom. The topological polar surface area (TPSA) is 52.8 Å². The minimum atomic E-state index is -1.04. The monoisotopic (exact) mass is 590 g/mol. The number of alkyl halides is 1. The van der Waals surface area contributed by atoms with Crippen LogP contribution in [0, 0.1) is 11.6 Å². The Morgan fingerprint density at radius 3 is 2.49 bits per heavy atom. The molecule has 43 heavy (non-hydrogen) atoms. The van der Waals surface area contributed by atoms with E-state index in [2.05, 4.69) is 0 Å². The average molecular weight is 591 g/mol. The number of nitrogens with zero attached hydrogens (tertiary/aromatic N) is 3. The number of hydrogen-bond donors (Lipinski definition) is 1. The van der Waals surface area contributed by atoms with Crippen LogP contribution < -0.4 is 5.73 Å². The van der Waals surface area contributed by atoms with Crippen molar-refractivity contribution in [3.63, 3.8) is 0 Å². The first-order chi connectivity index (χ1) is 20.7.